The molecule has 0 aliphatic rings. The molecule has 120 valence electrons. The van der Waals surface area contributed by atoms with Gasteiger partial charge >= 0.3 is 0 Å². The van der Waals surface area contributed by atoms with Gasteiger partial charge in [0.2, 0.25) is 0 Å². The van der Waals surface area contributed by atoms with E-state index in [4.69, 9.17) is 9.47 Å². The maximum Gasteiger partial charge on any atom is 0.188 e. The van der Waals surface area contributed by atoms with Crippen molar-refractivity contribution in [2.75, 3.05) is 13.4 Å². The molecule has 0 unspecified atom stereocenters. The molecule has 0 aromatic heterocycles. The van der Waals surface area contributed by atoms with E-state index in [2.05, 4.69) is 19.9 Å². The molecule has 0 aliphatic heterocycles. The van der Waals surface area contributed by atoms with Crippen LogP contribution in [0.25, 0.3) is 0 Å². The molecule has 0 aliphatic carbocycles. The fourth-order valence-electron chi connectivity index (χ4n) is 2.18. The van der Waals surface area contributed by atoms with Crippen LogP contribution in [-0.2, 0) is 9.47 Å². The van der Waals surface area contributed by atoms with Gasteiger partial charge in [0.05, 0.1) is 12.9 Å². The molecule has 0 aromatic rings. The minimum absolute atomic E-state index is 0.391. The largest absolute Gasteiger partial charge is 0.475 e. The highest BCUT2D eigenvalue weighted by Crippen LogP contribution is 2.11. The average molecular weight is 284 g/mol. The van der Waals surface area contributed by atoms with E-state index in [9.17, 15) is 0 Å². The van der Waals surface area contributed by atoms with E-state index in [1.54, 1.807) is 6.26 Å². The second kappa shape index (κ2) is 18.5. The van der Waals surface area contributed by atoms with E-state index in [1.165, 1.54) is 64.2 Å². The molecule has 0 spiro atoms. The van der Waals surface area contributed by atoms with Gasteiger partial charge in [-0.1, -0.05) is 71.6 Å². The molecule has 0 bridgehead atoms. The summed E-state index contributed by atoms with van der Waals surface area (Å²) in [5, 5.41) is 0. The molecule has 0 saturated heterocycles. The monoisotopic (exact) mass is 284 g/mol. The molecule has 0 radical (unpaired) electrons. The van der Waals surface area contributed by atoms with Crippen LogP contribution in [0.15, 0.2) is 12.3 Å². The fourth-order valence-corrected chi connectivity index (χ4v) is 2.18. The van der Waals surface area contributed by atoms with Gasteiger partial charge < -0.3 is 9.47 Å². The predicted molar refractivity (Wildman–Crippen MR) is 87.8 cm³/mol. The van der Waals surface area contributed by atoms with Gasteiger partial charge in [-0.05, 0) is 25.3 Å². The fraction of sp³-hybridized carbons (Fsp3) is 0.889. The number of allylic oxidation sites excluding steroid dienone is 1. The maximum absolute atomic E-state index is 5.22. The second-order valence-electron chi connectivity index (χ2n) is 5.54. The standard InChI is InChI=1S/C18H36O2/c1-3-5-6-7-8-9-10-11-12-13-14-15-17-20-18-19-16-4-2/h15,17H,3-14,16,18H2,1-2H3. The van der Waals surface area contributed by atoms with E-state index in [0.717, 1.165) is 19.4 Å². The van der Waals surface area contributed by atoms with Crippen molar-refractivity contribution >= 4 is 0 Å². The topological polar surface area (TPSA) is 18.5 Å². The first-order valence-corrected chi connectivity index (χ1v) is 8.76. The third kappa shape index (κ3) is 17.5. The third-order valence-electron chi connectivity index (χ3n) is 3.42. The van der Waals surface area contributed by atoms with Gasteiger partial charge in [-0.3, -0.25) is 0 Å². The van der Waals surface area contributed by atoms with Crippen LogP contribution in [0.1, 0.15) is 90.9 Å². The quantitative estimate of drug-likeness (QED) is 0.190. The molecule has 2 nitrogen and oxygen atoms in total. The summed E-state index contributed by atoms with van der Waals surface area (Å²) >= 11 is 0. The first-order valence-electron chi connectivity index (χ1n) is 8.76. The zero-order valence-corrected chi connectivity index (χ0v) is 13.9. The Labute approximate surface area is 126 Å². The van der Waals surface area contributed by atoms with Crippen molar-refractivity contribution in [1.82, 2.24) is 0 Å². The molecule has 2 heteroatoms. The summed E-state index contributed by atoms with van der Waals surface area (Å²) in [5.41, 5.74) is 0. The van der Waals surface area contributed by atoms with Crippen molar-refractivity contribution in [2.24, 2.45) is 0 Å². The van der Waals surface area contributed by atoms with Gasteiger partial charge in [0.1, 0.15) is 0 Å². The average Bonchev–Trinajstić information content (AvgIpc) is 2.47. The van der Waals surface area contributed by atoms with E-state index < -0.39 is 0 Å². The molecule has 0 rings (SSSR count). The van der Waals surface area contributed by atoms with Gasteiger partial charge in [-0.2, -0.15) is 0 Å². The minimum atomic E-state index is 0.391. The summed E-state index contributed by atoms with van der Waals surface area (Å²) in [6, 6.07) is 0. The Morgan fingerprint density at radius 3 is 1.90 bits per heavy atom. The summed E-state index contributed by atoms with van der Waals surface area (Å²) in [6.45, 7) is 5.55. The van der Waals surface area contributed by atoms with E-state index in [-0.39, 0.29) is 0 Å². The minimum Gasteiger partial charge on any atom is -0.475 e. The summed E-state index contributed by atoms with van der Waals surface area (Å²) in [4.78, 5) is 0. The summed E-state index contributed by atoms with van der Waals surface area (Å²) < 4.78 is 10.4. The molecule has 0 N–H and O–H groups in total. The van der Waals surface area contributed by atoms with Crippen LogP contribution >= 0.6 is 0 Å². The molecule has 0 amide bonds. The molecular formula is C18H36O2. The van der Waals surface area contributed by atoms with Crippen LogP contribution in [0.5, 0.6) is 0 Å². The molecule has 0 atom stereocenters. The Kier molecular flexibility index (Phi) is 18.0. The summed E-state index contributed by atoms with van der Waals surface area (Å²) in [6.07, 6.45) is 20.0. The van der Waals surface area contributed by atoms with Gasteiger partial charge in [0, 0.05) is 0 Å². The Hall–Kier alpha value is -0.500. The van der Waals surface area contributed by atoms with E-state index >= 15 is 0 Å². The van der Waals surface area contributed by atoms with Crippen LogP contribution < -0.4 is 0 Å². The Bertz CT molecular complexity index is 190. The molecular weight excluding hydrogens is 248 g/mol. The lowest BCUT2D eigenvalue weighted by Gasteiger charge is -2.02. The van der Waals surface area contributed by atoms with Crippen molar-refractivity contribution in [2.45, 2.75) is 90.9 Å². The highest BCUT2D eigenvalue weighted by molar-refractivity contribution is 4.72. The van der Waals surface area contributed by atoms with Gasteiger partial charge in [0.15, 0.2) is 6.79 Å². The zero-order chi connectivity index (χ0) is 14.7. The lowest BCUT2D eigenvalue weighted by atomic mass is 10.1. The molecule has 0 saturated carbocycles. The molecule has 0 aromatic carbocycles. The number of unbranched alkanes of at least 4 members (excludes halogenated alkanes) is 10. The summed E-state index contributed by atoms with van der Waals surface area (Å²) in [7, 11) is 0. The van der Waals surface area contributed by atoms with Gasteiger partial charge in [-0.25, -0.2) is 0 Å². The molecule has 0 fully saturated rings. The number of rotatable bonds is 16. The molecule has 0 heterocycles. The smallest absolute Gasteiger partial charge is 0.188 e. The van der Waals surface area contributed by atoms with Crippen molar-refractivity contribution < 1.29 is 9.47 Å². The van der Waals surface area contributed by atoms with Gasteiger partial charge in [0.25, 0.3) is 0 Å². The number of hydrogen-bond acceptors (Lipinski definition) is 2. The SMILES string of the molecule is CCCCCCCCCCCCC=COCOCCC. The van der Waals surface area contributed by atoms with Crippen LogP contribution in [-0.4, -0.2) is 13.4 Å². The maximum atomic E-state index is 5.22. The van der Waals surface area contributed by atoms with Crippen LogP contribution in [0, 0.1) is 0 Å². The van der Waals surface area contributed by atoms with Crippen molar-refractivity contribution in [1.29, 1.82) is 0 Å². The molecule has 20 heavy (non-hydrogen) atoms. The van der Waals surface area contributed by atoms with E-state index in [0.29, 0.717) is 6.79 Å². The van der Waals surface area contributed by atoms with Crippen molar-refractivity contribution in [3.8, 4) is 0 Å². The lowest BCUT2D eigenvalue weighted by Crippen LogP contribution is -1.96. The van der Waals surface area contributed by atoms with Crippen LogP contribution in [0.3, 0.4) is 0 Å². The van der Waals surface area contributed by atoms with Gasteiger partial charge in [-0.15, -0.1) is 0 Å². The van der Waals surface area contributed by atoms with Crippen molar-refractivity contribution in [3.63, 3.8) is 0 Å². The Morgan fingerprint density at radius 2 is 1.30 bits per heavy atom. The normalized spacial score (nSPS) is 11.3. The summed E-state index contributed by atoms with van der Waals surface area (Å²) in [5.74, 6) is 0. The second-order valence-corrected chi connectivity index (χ2v) is 5.54. The van der Waals surface area contributed by atoms with Crippen molar-refractivity contribution in [3.05, 3.63) is 12.3 Å². The van der Waals surface area contributed by atoms with Crippen LogP contribution in [0.4, 0.5) is 0 Å². The zero-order valence-electron chi connectivity index (χ0n) is 13.9. The third-order valence-corrected chi connectivity index (χ3v) is 3.42. The first-order chi connectivity index (χ1) is 9.91. The van der Waals surface area contributed by atoms with E-state index in [1.807, 2.05) is 0 Å². The van der Waals surface area contributed by atoms with Crippen LogP contribution in [0.2, 0.25) is 0 Å². The number of ether oxygens (including phenoxy) is 2. The highest BCUT2D eigenvalue weighted by Gasteiger charge is 1.91. The lowest BCUT2D eigenvalue weighted by molar-refractivity contribution is -0.0111. The first kappa shape index (κ1) is 19.5. The Morgan fingerprint density at radius 1 is 0.700 bits per heavy atom. The predicted octanol–water partition coefficient (Wildman–Crippen LogP) is 6.21. The highest BCUT2D eigenvalue weighted by atomic mass is 16.7. The Balaban J connectivity index is 3.00. The number of hydrogen-bond donors (Lipinski definition) is 0.